The van der Waals surface area contributed by atoms with Crippen LogP contribution in [0.5, 0.6) is 0 Å². The van der Waals surface area contributed by atoms with Crippen LogP contribution >= 0.6 is 11.8 Å². The molecule has 1 aliphatic heterocycles. The SMILES string of the molecule is CCC(C)CN(CC)C(=O)C1CSCN1. The van der Waals surface area contributed by atoms with E-state index in [4.69, 9.17) is 0 Å². The van der Waals surface area contributed by atoms with Crippen molar-refractivity contribution in [3.8, 4) is 0 Å². The van der Waals surface area contributed by atoms with Crippen LogP contribution in [-0.2, 0) is 4.79 Å². The minimum atomic E-state index is 0.0546. The van der Waals surface area contributed by atoms with E-state index in [9.17, 15) is 4.79 Å². The van der Waals surface area contributed by atoms with Gasteiger partial charge in [0.2, 0.25) is 5.91 Å². The molecule has 0 bridgehead atoms. The van der Waals surface area contributed by atoms with Gasteiger partial charge in [-0.25, -0.2) is 0 Å². The van der Waals surface area contributed by atoms with E-state index >= 15 is 0 Å². The number of hydrogen-bond acceptors (Lipinski definition) is 3. The van der Waals surface area contributed by atoms with E-state index in [0.29, 0.717) is 5.92 Å². The summed E-state index contributed by atoms with van der Waals surface area (Å²) in [5, 5.41) is 3.23. The Bertz CT molecular complexity index is 205. The van der Waals surface area contributed by atoms with Gasteiger partial charge in [-0.05, 0) is 12.8 Å². The summed E-state index contributed by atoms with van der Waals surface area (Å²) in [7, 11) is 0. The molecule has 2 atom stereocenters. The molecule has 3 nitrogen and oxygen atoms in total. The van der Waals surface area contributed by atoms with Crippen molar-refractivity contribution < 1.29 is 4.79 Å². The Kier molecular flexibility index (Phi) is 5.47. The monoisotopic (exact) mass is 230 g/mol. The summed E-state index contributed by atoms with van der Waals surface area (Å²) in [6, 6.07) is 0.0546. The minimum absolute atomic E-state index is 0.0546. The van der Waals surface area contributed by atoms with Crippen LogP contribution in [0.4, 0.5) is 0 Å². The Labute approximate surface area is 97.0 Å². The number of carbonyl (C=O) groups excluding carboxylic acids is 1. The van der Waals surface area contributed by atoms with Gasteiger partial charge in [0.05, 0.1) is 6.04 Å². The summed E-state index contributed by atoms with van der Waals surface area (Å²) in [6.07, 6.45) is 1.14. The molecule has 1 saturated heterocycles. The number of carbonyl (C=O) groups is 1. The molecule has 1 heterocycles. The van der Waals surface area contributed by atoms with Crippen molar-refractivity contribution >= 4 is 17.7 Å². The van der Waals surface area contributed by atoms with E-state index in [0.717, 1.165) is 31.1 Å². The van der Waals surface area contributed by atoms with Crippen molar-refractivity contribution in [1.82, 2.24) is 10.2 Å². The molecule has 88 valence electrons. The third-order valence-electron chi connectivity index (χ3n) is 2.94. The second kappa shape index (κ2) is 6.38. The van der Waals surface area contributed by atoms with Crippen LogP contribution in [0, 0.1) is 5.92 Å². The van der Waals surface area contributed by atoms with Gasteiger partial charge in [-0.15, -0.1) is 11.8 Å². The number of likely N-dealkylation sites (N-methyl/N-ethyl adjacent to an activating group) is 1. The molecule has 0 spiro atoms. The van der Waals surface area contributed by atoms with Crippen LogP contribution in [-0.4, -0.2) is 41.6 Å². The zero-order valence-electron chi connectivity index (χ0n) is 9.95. The molecule has 0 aromatic carbocycles. The van der Waals surface area contributed by atoms with Crippen LogP contribution in [0.25, 0.3) is 0 Å². The van der Waals surface area contributed by atoms with E-state index in [1.165, 1.54) is 0 Å². The number of thioether (sulfide) groups is 1. The van der Waals surface area contributed by atoms with Gasteiger partial charge in [0, 0.05) is 24.7 Å². The van der Waals surface area contributed by atoms with Gasteiger partial charge in [-0.3, -0.25) is 10.1 Å². The van der Waals surface area contributed by atoms with Crippen LogP contribution in [0.3, 0.4) is 0 Å². The Morgan fingerprint density at radius 1 is 1.60 bits per heavy atom. The topological polar surface area (TPSA) is 32.3 Å². The fraction of sp³-hybridized carbons (Fsp3) is 0.909. The first kappa shape index (κ1) is 12.8. The van der Waals surface area contributed by atoms with Gasteiger partial charge in [0.25, 0.3) is 0 Å². The Morgan fingerprint density at radius 2 is 2.33 bits per heavy atom. The van der Waals surface area contributed by atoms with Gasteiger partial charge >= 0.3 is 0 Å². The van der Waals surface area contributed by atoms with Crippen molar-refractivity contribution in [3.63, 3.8) is 0 Å². The van der Waals surface area contributed by atoms with Gasteiger partial charge < -0.3 is 4.90 Å². The molecule has 2 unspecified atom stereocenters. The van der Waals surface area contributed by atoms with Crippen molar-refractivity contribution in [2.45, 2.75) is 33.2 Å². The lowest BCUT2D eigenvalue weighted by atomic mass is 10.1. The summed E-state index contributed by atoms with van der Waals surface area (Å²) in [5.74, 6) is 2.72. The molecule has 1 N–H and O–H groups in total. The van der Waals surface area contributed by atoms with E-state index < -0.39 is 0 Å². The summed E-state index contributed by atoms with van der Waals surface area (Å²) in [4.78, 5) is 14.1. The van der Waals surface area contributed by atoms with Gasteiger partial charge in [-0.2, -0.15) is 0 Å². The number of nitrogens with zero attached hydrogens (tertiary/aromatic N) is 1. The number of rotatable bonds is 5. The molecule has 15 heavy (non-hydrogen) atoms. The molecular weight excluding hydrogens is 208 g/mol. The fourth-order valence-electron chi connectivity index (χ4n) is 1.65. The molecule has 0 radical (unpaired) electrons. The lowest BCUT2D eigenvalue weighted by Gasteiger charge is -2.26. The lowest BCUT2D eigenvalue weighted by molar-refractivity contribution is -0.133. The smallest absolute Gasteiger partial charge is 0.240 e. The maximum Gasteiger partial charge on any atom is 0.240 e. The lowest BCUT2D eigenvalue weighted by Crippen LogP contribution is -2.46. The molecule has 1 amide bonds. The molecule has 4 heteroatoms. The molecule has 1 fully saturated rings. The molecule has 0 aromatic rings. The van der Waals surface area contributed by atoms with Gasteiger partial charge in [0.15, 0.2) is 0 Å². The van der Waals surface area contributed by atoms with E-state index in [1.54, 1.807) is 11.8 Å². The zero-order chi connectivity index (χ0) is 11.3. The highest BCUT2D eigenvalue weighted by Gasteiger charge is 2.26. The van der Waals surface area contributed by atoms with E-state index in [-0.39, 0.29) is 11.9 Å². The Balaban J connectivity index is 2.45. The first-order chi connectivity index (χ1) is 7.19. The largest absolute Gasteiger partial charge is 0.341 e. The molecular formula is C11H22N2OS. The van der Waals surface area contributed by atoms with Crippen LogP contribution in [0.1, 0.15) is 27.2 Å². The predicted molar refractivity (Wildman–Crippen MR) is 66.0 cm³/mol. The molecule has 1 aliphatic rings. The summed E-state index contributed by atoms with van der Waals surface area (Å²) >= 11 is 1.80. The quantitative estimate of drug-likeness (QED) is 0.777. The number of nitrogens with one attached hydrogen (secondary N) is 1. The standard InChI is InChI=1S/C11H22N2OS/c1-4-9(3)6-13(5-2)11(14)10-7-15-8-12-10/h9-10,12H,4-8H2,1-3H3. The average Bonchev–Trinajstić information content (AvgIpc) is 2.77. The Hall–Kier alpha value is -0.220. The van der Waals surface area contributed by atoms with Crippen molar-refractivity contribution in [2.24, 2.45) is 5.92 Å². The third-order valence-corrected chi connectivity index (χ3v) is 3.88. The molecule has 0 saturated carbocycles. The maximum atomic E-state index is 12.1. The molecule has 0 aromatic heterocycles. The second-order valence-electron chi connectivity index (χ2n) is 4.16. The zero-order valence-corrected chi connectivity index (χ0v) is 10.8. The van der Waals surface area contributed by atoms with Gasteiger partial charge in [0.1, 0.15) is 0 Å². The van der Waals surface area contributed by atoms with Crippen LogP contribution < -0.4 is 5.32 Å². The minimum Gasteiger partial charge on any atom is -0.341 e. The first-order valence-electron chi connectivity index (χ1n) is 5.78. The van der Waals surface area contributed by atoms with Gasteiger partial charge in [-0.1, -0.05) is 20.3 Å². The third kappa shape index (κ3) is 3.68. The Morgan fingerprint density at radius 3 is 2.80 bits per heavy atom. The summed E-state index contributed by atoms with van der Waals surface area (Å²) in [6.45, 7) is 8.16. The first-order valence-corrected chi connectivity index (χ1v) is 6.94. The maximum absolute atomic E-state index is 12.1. The average molecular weight is 230 g/mol. The highest BCUT2D eigenvalue weighted by atomic mass is 32.2. The molecule has 0 aliphatic carbocycles. The summed E-state index contributed by atoms with van der Waals surface area (Å²) in [5.41, 5.74) is 0. The van der Waals surface area contributed by atoms with E-state index in [2.05, 4.69) is 26.1 Å². The van der Waals surface area contributed by atoms with Crippen molar-refractivity contribution in [1.29, 1.82) is 0 Å². The highest BCUT2D eigenvalue weighted by Crippen LogP contribution is 2.13. The normalized spacial score (nSPS) is 22.7. The van der Waals surface area contributed by atoms with Crippen molar-refractivity contribution in [3.05, 3.63) is 0 Å². The highest BCUT2D eigenvalue weighted by molar-refractivity contribution is 7.99. The molecule has 1 rings (SSSR count). The number of amides is 1. The summed E-state index contributed by atoms with van der Waals surface area (Å²) < 4.78 is 0. The number of hydrogen-bond donors (Lipinski definition) is 1. The predicted octanol–water partition coefficient (Wildman–Crippen LogP) is 1.54. The van der Waals surface area contributed by atoms with Crippen LogP contribution in [0.2, 0.25) is 0 Å². The van der Waals surface area contributed by atoms with Crippen molar-refractivity contribution in [2.75, 3.05) is 24.7 Å². The van der Waals surface area contributed by atoms with Crippen LogP contribution in [0.15, 0.2) is 0 Å². The second-order valence-corrected chi connectivity index (χ2v) is 5.19. The van der Waals surface area contributed by atoms with E-state index in [1.807, 2.05) is 4.90 Å². The fourth-order valence-corrected chi connectivity index (χ4v) is 2.59.